The molecule has 0 atom stereocenters. The zero-order chi connectivity index (χ0) is 26.0. The third-order valence-electron chi connectivity index (χ3n) is 8.23. The van der Waals surface area contributed by atoms with Crippen molar-refractivity contribution < 1.29 is 0 Å². The molecule has 0 saturated carbocycles. The van der Waals surface area contributed by atoms with Gasteiger partial charge in [0.1, 0.15) is 0 Å². The molecular weight excluding hydrogens is 458 g/mol. The Bertz CT molecular complexity index is 1870. The first-order valence-electron chi connectivity index (χ1n) is 13.5. The monoisotopic (exact) mass is 489 g/mol. The Morgan fingerprint density at radius 2 is 1.00 bits per heavy atom. The van der Waals surface area contributed by atoms with E-state index < -0.39 is 0 Å². The van der Waals surface area contributed by atoms with Crippen LogP contribution in [0.4, 0.5) is 17.1 Å². The molecule has 38 heavy (non-hydrogen) atoms. The number of aryl methyl sites for hydroxylation is 2. The van der Waals surface area contributed by atoms with E-state index in [1.807, 2.05) is 0 Å². The smallest absolute Gasteiger partial charge is 0.0468 e. The minimum absolute atomic E-state index is 0.475. The highest BCUT2D eigenvalue weighted by Gasteiger charge is 2.24. The van der Waals surface area contributed by atoms with Crippen LogP contribution in [0.5, 0.6) is 0 Å². The summed E-state index contributed by atoms with van der Waals surface area (Å²) in [5.74, 6) is 0.475. The number of hydrogen-bond donors (Lipinski definition) is 0. The van der Waals surface area contributed by atoms with Crippen molar-refractivity contribution in [2.45, 2.75) is 33.6 Å². The van der Waals surface area contributed by atoms with Gasteiger partial charge in [0, 0.05) is 17.1 Å². The molecule has 0 N–H and O–H groups in total. The van der Waals surface area contributed by atoms with Gasteiger partial charge in [-0.05, 0) is 141 Å². The van der Waals surface area contributed by atoms with E-state index >= 15 is 0 Å². The maximum Gasteiger partial charge on any atom is 0.0468 e. The summed E-state index contributed by atoms with van der Waals surface area (Å²) in [6.45, 7) is 8.89. The zero-order valence-corrected chi connectivity index (χ0v) is 22.4. The number of benzene rings is 6. The standard InChI is InChI=1S/C37H31N/c1-23(2)26-10-7-11-31(17-26)38(32-14-12-24(3)25(4)16-32)33-15-13-29-21-36-34-19-27-8-5-6-9-28(27)20-35(34)37(36)22-30(29)18-33/h5-23H,1-4H3. The van der Waals surface area contributed by atoms with Crippen LogP contribution in [0.25, 0.3) is 43.8 Å². The highest BCUT2D eigenvalue weighted by Crippen LogP contribution is 2.50. The van der Waals surface area contributed by atoms with Gasteiger partial charge in [-0.25, -0.2) is 0 Å². The largest absolute Gasteiger partial charge is 0.310 e. The van der Waals surface area contributed by atoms with E-state index in [1.165, 1.54) is 77.6 Å². The normalized spacial score (nSPS) is 11.9. The van der Waals surface area contributed by atoms with Gasteiger partial charge >= 0.3 is 0 Å². The molecule has 1 nitrogen and oxygen atoms in total. The van der Waals surface area contributed by atoms with Crippen LogP contribution >= 0.6 is 0 Å². The van der Waals surface area contributed by atoms with Crippen LogP contribution in [0, 0.1) is 13.8 Å². The van der Waals surface area contributed by atoms with Crippen LogP contribution < -0.4 is 4.90 Å². The minimum atomic E-state index is 0.475. The van der Waals surface area contributed by atoms with Crippen molar-refractivity contribution in [2.24, 2.45) is 0 Å². The quantitative estimate of drug-likeness (QED) is 0.238. The highest BCUT2D eigenvalue weighted by atomic mass is 15.1. The first-order chi connectivity index (χ1) is 18.5. The maximum absolute atomic E-state index is 2.40. The Morgan fingerprint density at radius 1 is 0.447 bits per heavy atom. The topological polar surface area (TPSA) is 3.24 Å². The van der Waals surface area contributed by atoms with Gasteiger partial charge in [-0.15, -0.1) is 0 Å². The van der Waals surface area contributed by atoms with Crippen LogP contribution in [0.2, 0.25) is 0 Å². The molecule has 1 aliphatic rings. The third kappa shape index (κ3) is 3.62. The lowest BCUT2D eigenvalue weighted by atomic mass is 9.78. The summed E-state index contributed by atoms with van der Waals surface area (Å²) in [7, 11) is 0. The van der Waals surface area contributed by atoms with Gasteiger partial charge in [0.05, 0.1) is 0 Å². The first kappa shape index (κ1) is 22.8. The molecule has 0 aromatic heterocycles. The number of rotatable bonds is 4. The Hall–Kier alpha value is -4.36. The maximum atomic E-state index is 2.40. The molecule has 1 aliphatic carbocycles. The minimum Gasteiger partial charge on any atom is -0.310 e. The molecule has 0 aliphatic heterocycles. The van der Waals surface area contributed by atoms with Crippen LogP contribution in [-0.2, 0) is 0 Å². The summed E-state index contributed by atoms with van der Waals surface area (Å²) in [6.07, 6.45) is 0. The molecule has 0 spiro atoms. The van der Waals surface area contributed by atoms with Crippen LogP contribution in [0.3, 0.4) is 0 Å². The number of hydrogen-bond acceptors (Lipinski definition) is 1. The molecule has 6 aromatic carbocycles. The van der Waals surface area contributed by atoms with E-state index in [0.29, 0.717) is 5.92 Å². The van der Waals surface area contributed by atoms with Crippen LogP contribution in [0.1, 0.15) is 36.5 Å². The van der Waals surface area contributed by atoms with Crippen molar-refractivity contribution in [1.82, 2.24) is 0 Å². The number of nitrogens with zero attached hydrogens (tertiary/aromatic N) is 1. The molecule has 0 heterocycles. The molecule has 0 radical (unpaired) electrons. The molecule has 0 amide bonds. The van der Waals surface area contributed by atoms with Crippen molar-refractivity contribution in [2.75, 3.05) is 4.90 Å². The van der Waals surface area contributed by atoms with Crippen molar-refractivity contribution in [3.8, 4) is 22.3 Å². The van der Waals surface area contributed by atoms with E-state index in [9.17, 15) is 0 Å². The molecule has 184 valence electrons. The Balaban J connectivity index is 1.38. The van der Waals surface area contributed by atoms with Crippen LogP contribution in [0.15, 0.2) is 109 Å². The summed E-state index contributed by atoms with van der Waals surface area (Å²) in [4.78, 5) is 2.40. The molecule has 0 unspecified atom stereocenters. The van der Waals surface area contributed by atoms with Crippen molar-refractivity contribution in [1.29, 1.82) is 0 Å². The van der Waals surface area contributed by atoms with Crippen molar-refractivity contribution in [3.05, 3.63) is 126 Å². The second-order valence-corrected chi connectivity index (χ2v) is 11.0. The first-order valence-corrected chi connectivity index (χ1v) is 13.5. The summed E-state index contributed by atoms with van der Waals surface area (Å²) in [6, 6.07) is 40.8. The Labute approximate surface area is 225 Å². The van der Waals surface area contributed by atoms with E-state index in [1.54, 1.807) is 0 Å². The molecule has 1 heteroatoms. The fraction of sp³-hybridized carbons (Fsp3) is 0.135. The van der Waals surface area contributed by atoms with Gasteiger partial charge in [0.2, 0.25) is 0 Å². The fourth-order valence-electron chi connectivity index (χ4n) is 5.83. The summed E-state index contributed by atoms with van der Waals surface area (Å²) in [5.41, 5.74) is 13.0. The molecule has 0 saturated heterocycles. The predicted molar refractivity (Wildman–Crippen MR) is 164 cm³/mol. The average molecular weight is 490 g/mol. The zero-order valence-electron chi connectivity index (χ0n) is 22.4. The SMILES string of the molecule is Cc1ccc(N(c2cccc(C(C)C)c2)c2ccc3cc4c(cc3c2)-c2cc3ccccc3cc2-4)cc1C. The van der Waals surface area contributed by atoms with E-state index in [0.717, 1.165) is 0 Å². The van der Waals surface area contributed by atoms with Gasteiger partial charge in [0.25, 0.3) is 0 Å². The summed E-state index contributed by atoms with van der Waals surface area (Å²) < 4.78 is 0. The van der Waals surface area contributed by atoms with Crippen molar-refractivity contribution >= 4 is 38.6 Å². The lowest BCUT2D eigenvalue weighted by Crippen LogP contribution is -2.11. The van der Waals surface area contributed by atoms with Gasteiger partial charge in [-0.1, -0.05) is 62.4 Å². The second kappa shape index (κ2) is 8.60. The summed E-state index contributed by atoms with van der Waals surface area (Å²) in [5, 5.41) is 5.16. The van der Waals surface area contributed by atoms with Crippen LogP contribution in [-0.4, -0.2) is 0 Å². The summed E-state index contributed by atoms with van der Waals surface area (Å²) >= 11 is 0. The van der Waals surface area contributed by atoms with E-state index in [-0.39, 0.29) is 0 Å². The molecular formula is C37H31N. The van der Waals surface area contributed by atoms with Gasteiger partial charge in [-0.3, -0.25) is 0 Å². The molecule has 0 bridgehead atoms. The number of anilines is 3. The Kier molecular flexibility index (Phi) is 5.16. The average Bonchev–Trinajstić information content (AvgIpc) is 2.93. The van der Waals surface area contributed by atoms with E-state index in [2.05, 4.69) is 142 Å². The Morgan fingerprint density at radius 3 is 1.63 bits per heavy atom. The fourth-order valence-corrected chi connectivity index (χ4v) is 5.83. The lowest BCUT2D eigenvalue weighted by molar-refractivity contribution is 0.866. The molecule has 0 fully saturated rings. The molecule has 7 rings (SSSR count). The second-order valence-electron chi connectivity index (χ2n) is 11.0. The number of fused-ring (bicyclic) bond motifs is 6. The lowest BCUT2D eigenvalue weighted by Gasteiger charge is -2.28. The van der Waals surface area contributed by atoms with Gasteiger partial charge < -0.3 is 4.90 Å². The third-order valence-corrected chi connectivity index (χ3v) is 8.23. The van der Waals surface area contributed by atoms with Crippen molar-refractivity contribution in [3.63, 3.8) is 0 Å². The van der Waals surface area contributed by atoms with Gasteiger partial charge in [-0.2, -0.15) is 0 Å². The highest BCUT2D eigenvalue weighted by molar-refractivity contribution is 6.12. The molecule has 6 aromatic rings. The van der Waals surface area contributed by atoms with E-state index in [4.69, 9.17) is 0 Å². The predicted octanol–water partition coefficient (Wildman–Crippen LogP) is 10.9. The van der Waals surface area contributed by atoms with Gasteiger partial charge in [0.15, 0.2) is 0 Å².